The van der Waals surface area contributed by atoms with Crippen LogP contribution in [0.5, 0.6) is 0 Å². The summed E-state index contributed by atoms with van der Waals surface area (Å²) < 4.78 is 0. The lowest BCUT2D eigenvalue weighted by Gasteiger charge is -2.33. The second-order valence-corrected chi connectivity index (χ2v) is 6.85. The summed E-state index contributed by atoms with van der Waals surface area (Å²) in [6.45, 7) is 2.16. The largest absolute Gasteiger partial charge is 0.333 e. The topological polar surface area (TPSA) is 20.3 Å². The first-order chi connectivity index (χ1) is 9.58. The highest BCUT2D eigenvalue weighted by Gasteiger charge is 2.42. The van der Waals surface area contributed by atoms with Gasteiger partial charge in [0.2, 0.25) is 0 Å². The number of hydrogen-bond donors (Lipinski definition) is 0. The van der Waals surface area contributed by atoms with Crippen LogP contribution in [0.3, 0.4) is 0 Å². The number of halogens is 2. The number of likely N-dealkylation sites (tertiary alicyclic amines) is 1. The lowest BCUT2D eigenvalue weighted by Crippen LogP contribution is -2.42. The van der Waals surface area contributed by atoms with Crippen LogP contribution >= 0.6 is 23.2 Å². The smallest absolute Gasteiger partial charge is 0.254 e. The van der Waals surface area contributed by atoms with E-state index in [2.05, 4.69) is 11.8 Å². The van der Waals surface area contributed by atoms with Gasteiger partial charge in [-0.15, -0.1) is 0 Å². The quantitative estimate of drug-likeness (QED) is 0.730. The van der Waals surface area contributed by atoms with Crippen molar-refractivity contribution in [1.82, 2.24) is 4.90 Å². The van der Waals surface area contributed by atoms with Crippen LogP contribution in [0.2, 0.25) is 10.0 Å². The van der Waals surface area contributed by atoms with Crippen LogP contribution in [0.4, 0.5) is 0 Å². The third-order valence-corrected chi connectivity index (χ3v) is 5.49. The molecule has 20 heavy (non-hydrogen) atoms. The number of benzene rings is 1. The SMILES string of the molecule is CC1CC2CCCCC2N1C(=O)c1ccc(Cl)c(Cl)c1. The Kier molecular flexibility index (Phi) is 3.96. The monoisotopic (exact) mass is 311 g/mol. The molecular weight excluding hydrogens is 293 g/mol. The van der Waals surface area contributed by atoms with Crippen molar-refractivity contribution in [3.05, 3.63) is 33.8 Å². The Labute approximate surface area is 130 Å². The van der Waals surface area contributed by atoms with E-state index >= 15 is 0 Å². The molecule has 0 spiro atoms. The van der Waals surface area contributed by atoms with E-state index in [1.807, 2.05) is 0 Å². The molecule has 0 aromatic heterocycles. The first kappa shape index (κ1) is 14.2. The van der Waals surface area contributed by atoms with E-state index < -0.39 is 0 Å². The molecule has 1 amide bonds. The Bertz CT molecular complexity index is 531. The molecule has 108 valence electrons. The summed E-state index contributed by atoms with van der Waals surface area (Å²) in [5.74, 6) is 0.788. The fourth-order valence-electron chi connectivity index (χ4n) is 3.84. The zero-order valence-electron chi connectivity index (χ0n) is 11.6. The number of carbonyl (C=O) groups is 1. The molecule has 4 heteroatoms. The number of amides is 1. The number of rotatable bonds is 1. The zero-order chi connectivity index (χ0) is 14.3. The highest BCUT2D eigenvalue weighted by Crippen LogP contribution is 2.40. The van der Waals surface area contributed by atoms with E-state index in [0.717, 1.165) is 12.8 Å². The molecule has 1 aliphatic heterocycles. The summed E-state index contributed by atoms with van der Waals surface area (Å²) in [5.41, 5.74) is 0.650. The maximum absolute atomic E-state index is 12.8. The molecule has 1 saturated carbocycles. The van der Waals surface area contributed by atoms with E-state index in [4.69, 9.17) is 23.2 Å². The summed E-state index contributed by atoms with van der Waals surface area (Å²) in [6.07, 6.45) is 6.09. The predicted octanol–water partition coefficient (Wildman–Crippen LogP) is 4.79. The molecule has 1 saturated heterocycles. The zero-order valence-corrected chi connectivity index (χ0v) is 13.1. The van der Waals surface area contributed by atoms with Gasteiger partial charge in [0, 0.05) is 17.6 Å². The molecule has 2 nitrogen and oxygen atoms in total. The van der Waals surface area contributed by atoms with Gasteiger partial charge in [0.15, 0.2) is 0 Å². The van der Waals surface area contributed by atoms with Crippen molar-refractivity contribution in [1.29, 1.82) is 0 Å². The van der Waals surface area contributed by atoms with Gasteiger partial charge in [0.05, 0.1) is 10.0 Å². The first-order valence-electron chi connectivity index (χ1n) is 7.35. The molecule has 2 fully saturated rings. The molecule has 2 aliphatic rings. The standard InChI is InChI=1S/C16H19Cl2NO/c1-10-8-11-4-2-3-5-15(11)19(10)16(20)12-6-7-13(17)14(18)9-12/h6-7,9-11,15H,2-5,8H2,1H3. The fraction of sp³-hybridized carbons (Fsp3) is 0.562. The maximum Gasteiger partial charge on any atom is 0.254 e. The third kappa shape index (κ3) is 2.44. The molecule has 3 rings (SSSR count). The van der Waals surface area contributed by atoms with E-state index in [0.29, 0.717) is 33.6 Å². The van der Waals surface area contributed by atoms with E-state index in [1.165, 1.54) is 19.3 Å². The molecule has 3 atom stereocenters. The van der Waals surface area contributed by atoms with Gasteiger partial charge in [-0.1, -0.05) is 36.0 Å². The molecule has 1 aromatic rings. The van der Waals surface area contributed by atoms with Crippen LogP contribution in [0.1, 0.15) is 49.4 Å². The van der Waals surface area contributed by atoms with Crippen LogP contribution in [0, 0.1) is 5.92 Å². The predicted molar refractivity (Wildman–Crippen MR) is 82.5 cm³/mol. The summed E-state index contributed by atoms with van der Waals surface area (Å²) in [6, 6.07) is 5.91. The van der Waals surface area contributed by atoms with Crippen LogP contribution in [-0.2, 0) is 0 Å². The van der Waals surface area contributed by atoms with Gasteiger partial charge in [-0.05, 0) is 50.3 Å². The summed E-state index contributed by atoms with van der Waals surface area (Å²) in [4.78, 5) is 14.9. The van der Waals surface area contributed by atoms with Crippen LogP contribution in [0.15, 0.2) is 18.2 Å². The number of fused-ring (bicyclic) bond motifs is 1. The van der Waals surface area contributed by atoms with Gasteiger partial charge < -0.3 is 4.90 Å². The Balaban J connectivity index is 1.87. The van der Waals surface area contributed by atoms with Crippen molar-refractivity contribution in [3.63, 3.8) is 0 Å². The highest BCUT2D eigenvalue weighted by atomic mass is 35.5. The average molecular weight is 312 g/mol. The molecule has 0 radical (unpaired) electrons. The van der Waals surface area contributed by atoms with Gasteiger partial charge in [-0.25, -0.2) is 0 Å². The molecule has 0 bridgehead atoms. The van der Waals surface area contributed by atoms with Gasteiger partial charge in [-0.2, -0.15) is 0 Å². The second kappa shape index (κ2) is 5.57. The van der Waals surface area contributed by atoms with Crippen molar-refractivity contribution in [2.45, 2.75) is 51.1 Å². The molecule has 1 heterocycles. The van der Waals surface area contributed by atoms with Crippen molar-refractivity contribution < 1.29 is 4.79 Å². The minimum atomic E-state index is 0.102. The number of hydrogen-bond acceptors (Lipinski definition) is 1. The molecule has 1 aromatic carbocycles. The summed E-state index contributed by atoms with van der Waals surface area (Å²) in [5, 5.41) is 0.942. The molecule has 0 N–H and O–H groups in total. The van der Waals surface area contributed by atoms with E-state index in [9.17, 15) is 4.79 Å². The maximum atomic E-state index is 12.8. The highest BCUT2D eigenvalue weighted by molar-refractivity contribution is 6.42. The lowest BCUT2D eigenvalue weighted by atomic mass is 9.85. The van der Waals surface area contributed by atoms with Gasteiger partial charge in [0.1, 0.15) is 0 Å². The van der Waals surface area contributed by atoms with Gasteiger partial charge in [-0.3, -0.25) is 4.79 Å². The minimum absolute atomic E-state index is 0.102. The van der Waals surface area contributed by atoms with Crippen molar-refractivity contribution in [2.75, 3.05) is 0 Å². The van der Waals surface area contributed by atoms with Gasteiger partial charge >= 0.3 is 0 Å². The minimum Gasteiger partial charge on any atom is -0.333 e. The lowest BCUT2D eigenvalue weighted by molar-refractivity contribution is 0.0633. The Morgan fingerprint density at radius 1 is 1.20 bits per heavy atom. The van der Waals surface area contributed by atoms with Crippen molar-refractivity contribution in [2.24, 2.45) is 5.92 Å². The van der Waals surface area contributed by atoms with Crippen LogP contribution in [0.25, 0.3) is 0 Å². The van der Waals surface area contributed by atoms with E-state index in [-0.39, 0.29) is 5.91 Å². The summed E-state index contributed by atoms with van der Waals surface area (Å²) in [7, 11) is 0. The second-order valence-electron chi connectivity index (χ2n) is 6.04. The van der Waals surface area contributed by atoms with Crippen molar-refractivity contribution in [3.8, 4) is 0 Å². The number of nitrogens with zero attached hydrogens (tertiary/aromatic N) is 1. The average Bonchev–Trinajstić information content (AvgIpc) is 2.77. The Hall–Kier alpha value is -0.730. The van der Waals surface area contributed by atoms with Crippen LogP contribution in [-0.4, -0.2) is 22.9 Å². The fourth-order valence-corrected chi connectivity index (χ4v) is 4.13. The molecule has 1 aliphatic carbocycles. The first-order valence-corrected chi connectivity index (χ1v) is 8.11. The van der Waals surface area contributed by atoms with Gasteiger partial charge in [0.25, 0.3) is 5.91 Å². The Morgan fingerprint density at radius 3 is 2.70 bits per heavy atom. The van der Waals surface area contributed by atoms with E-state index in [1.54, 1.807) is 18.2 Å². The molecule has 3 unspecified atom stereocenters. The third-order valence-electron chi connectivity index (χ3n) is 4.75. The normalized spacial score (nSPS) is 29.4. The Morgan fingerprint density at radius 2 is 1.95 bits per heavy atom. The molecular formula is C16H19Cl2NO. The van der Waals surface area contributed by atoms with Crippen LogP contribution < -0.4 is 0 Å². The van der Waals surface area contributed by atoms with Crippen molar-refractivity contribution >= 4 is 29.1 Å². The summed E-state index contributed by atoms with van der Waals surface area (Å²) >= 11 is 12.0. The number of carbonyl (C=O) groups excluding carboxylic acids is 1.